The van der Waals surface area contributed by atoms with Crippen molar-refractivity contribution in [2.45, 2.75) is 44.4 Å². The van der Waals surface area contributed by atoms with E-state index in [0.29, 0.717) is 12.8 Å². The van der Waals surface area contributed by atoms with Crippen molar-refractivity contribution < 1.29 is 14.7 Å². The summed E-state index contributed by atoms with van der Waals surface area (Å²) in [7, 11) is 0. The molecular formula is C9H14N2O3. The lowest BCUT2D eigenvalue weighted by atomic mass is 9.88. The number of hydrogen-bond acceptors (Lipinski definition) is 3. The number of nitrogens with zero attached hydrogens (tertiary/aromatic N) is 1. The second-order valence-corrected chi connectivity index (χ2v) is 4.51. The summed E-state index contributed by atoms with van der Waals surface area (Å²) in [4.78, 5) is 24.4. The lowest BCUT2D eigenvalue weighted by Gasteiger charge is -2.36. The quantitative estimate of drug-likeness (QED) is 0.575. The van der Waals surface area contributed by atoms with Gasteiger partial charge in [0.2, 0.25) is 0 Å². The number of urea groups is 1. The Bertz CT molecular complexity index is 294. The summed E-state index contributed by atoms with van der Waals surface area (Å²) in [5, 5.41) is 11.7. The van der Waals surface area contributed by atoms with E-state index in [4.69, 9.17) is 5.11 Å². The molecule has 1 heterocycles. The van der Waals surface area contributed by atoms with Crippen LogP contribution in [0.2, 0.25) is 0 Å². The molecule has 5 heteroatoms. The van der Waals surface area contributed by atoms with E-state index in [9.17, 15) is 9.59 Å². The number of aliphatic hydroxyl groups excluding tert-OH is 1. The predicted octanol–water partition coefficient (Wildman–Crippen LogP) is -0.160. The molecule has 0 aromatic rings. The van der Waals surface area contributed by atoms with Crippen molar-refractivity contribution in [3.05, 3.63) is 0 Å². The van der Waals surface area contributed by atoms with Crippen molar-refractivity contribution in [3.63, 3.8) is 0 Å². The molecule has 0 bridgehead atoms. The minimum atomic E-state index is -0.794. The van der Waals surface area contributed by atoms with Gasteiger partial charge in [0.1, 0.15) is 5.54 Å². The van der Waals surface area contributed by atoms with Crippen LogP contribution in [0.25, 0.3) is 0 Å². The number of amides is 3. The smallest absolute Gasteiger partial charge is 0.325 e. The topological polar surface area (TPSA) is 69.6 Å². The van der Waals surface area contributed by atoms with E-state index in [1.165, 1.54) is 4.90 Å². The molecule has 1 saturated heterocycles. The van der Waals surface area contributed by atoms with Crippen LogP contribution in [0.15, 0.2) is 0 Å². The Hall–Kier alpha value is -1.10. The van der Waals surface area contributed by atoms with E-state index in [0.717, 1.165) is 0 Å². The van der Waals surface area contributed by atoms with Crippen molar-refractivity contribution >= 4 is 11.9 Å². The first-order valence-electron chi connectivity index (χ1n) is 4.75. The van der Waals surface area contributed by atoms with Crippen LogP contribution in [0, 0.1) is 0 Å². The fraction of sp³-hybridized carbons (Fsp3) is 0.778. The predicted molar refractivity (Wildman–Crippen MR) is 48.5 cm³/mol. The van der Waals surface area contributed by atoms with Gasteiger partial charge >= 0.3 is 6.03 Å². The van der Waals surface area contributed by atoms with Gasteiger partial charge in [0.25, 0.3) is 5.91 Å². The highest BCUT2D eigenvalue weighted by molar-refractivity contribution is 6.06. The maximum Gasteiger partial charge on any atom is 0.325 e. The summed E-state index contributed by atoms with van der Waals surface area (Å²) >= 11 is 0. The molecule has 78 valence electrons. The van der Waals surface area contributed by atoms with Crippen LogP contribution >= 0.6 is 0 Å². The van der Waals surface area contributed by atoms with Crippen LogP contribution in [0.1, 0.15) is 26.7 Å². The molecule has 2 N–H and O–H groups in total. The molecule has 1 aliphatic heterocycles. The highest BCUT2D eigenvalue weighted by Crippen LogP contribution is 2.30. The molecule has 2 aliphatic rings. The zero-order chi connectivity index (χ0) is 10.5. The number of hydrogen-bond donors (Lipinski definition) is 2. The Balaban J connectivity index is 2.13. The van der Waals surface area contributed by atoms with Crippen LogP contribution < -0.4 is 5.32 Å². The van der Waals surface area contributed by atoms with Gasteiger partial charge in [-0.15, -0.1) is 0 Å². The standard InChI is InChI=1S/C9H14N2O3/c1-9(2)7(13)11(8(14)10-9)5-3-6(12)4-5/h5-6,12H,3-4H2,1-2H3,(H,10,14). The Kier molecular flexibility index (Phi) is 1.82. The fourth-order valence-corrected chi connectivity index (χ4v) is 1.88. The molecule has 0 aromatic carbocycles. The van der Waals surface area contributed by atoms with E-state index in [2.05, 4.69) is 5.32 Å². The Morgan fingerprint density at radius 2 is 2.00 bits per heavy atom. The highest BCUT2D eigenvalue weighted by atomic mass is 16.3. The molecule has 0 radical (unpaired) electrons. The third-order valence-electron chi connectivity index (χ3n) is 2.85. The van der Waals surface area contributed by atoms with Gasteiger partial charge in [-0.2, -0.15) is 0 Å². The third-order valence-corrected chi connectivity index (χ3v) is 2.85. The van der Waals surface area contributed by atoms with Gasteiger partial charge in [-0.05, 0) is 26.7 Å². The average molecular weight is 198 g/mol. The van der Waals surface area contributed by atoms with Crippen LogP contribution in [-0.2, 0) is 4.79 Å². The first kappa shape index (κ1) is 9.45. The fourth-order valence-electron chi connectivity index (χ4n) is 1.88. The molecule has 3 amide bonds. The van der Waals surface area contributed by atoms with Gasteiger partial charge in [-0.1, -0.05) is 0 Å². The van der Waals surface area contributed by atoms with Gasteiger partial charge < -0.3 is 10.4 Å². The van der Waals surface area contributed by atoms with Gasteiger partial charge in [0.05, 0.1) is 6.10 Å². The minimum Gasteiger partial charge on any atom is -0.393 e. The van der Waals surface area contributed by atoms with E-state index in [-0.39, 0.29) is 24.1 Å². The molecule has 1 aliphatic carbocycles. The molecule has 5 nitrogen and oxygen atoms in total. The van der Waals surface area contributed by atoms with Crippen molar-refractivity contribution in [3.8, 4) is 0 Å². The van der Waals surface area contributed by atoms with Crippen molar-refractivity contribution in [1.82, 2.24) is 10.2 Å². The van der Waals surface area contributed by atoms with E-state index in [1.54, 1.807) is 13.8 Å². The van der Waals surface area contributed by atoms with E-state index >= 15 is 0 Å². The molecule has 1 saturated carbocycles. The first-order valence-corrected chi connectivity index (χ1v) is 4.75. The van der Waals surface area contributed by atoms with Crippen LogP contribution in [-0.4, -0.2) is 39.6 Å². The summed E-state index contributed by atoms with van der Waals surface area (Å²) in [6.07, 6.45) is 0.661. The average Bonchev–Trinajstić information content (AvgIpc) is 2.17. The lowest BCUT2D eigenvalue weighted by Crippen LogP contribution is -2.51. The Labute approximate surface area is 82.1 Å². The van der Waals surface area contributed by atoms with Gasteiger partial charge in [-0.3, -0.25) is 9.69 Å². The zero-order valence-corrected chi connectivity index (χ0v) is 8.28. The second-order valence-electron chi connectivity index (χ2n) is 4.51. The van der Waals surface area contributed by atoms with Crippen molar-refractivity contribution in [2.24, 2.45) is 0 Å². The summed E-state index contributed by atoms with van der Waals surface area (Å²) < 4.78 is 0. The maximum atomic E-state index is 11.7. The molecule has 2 rings (SSSR count). The third kappa shape index (κ3) is 1.19. The minimum absolute atomic E-state index is 0.112. The lowest BCUT2D eigenvalue weighted by molar-refractivity contribution is -0.134. The van der Waals surface area contributed by atoms with Crippen molar-refractivity contribution in [2.75, 3.05) is 0 Å². The zero-order valence-electron chi connectivity index (χ0n) is 8.28. The largest absolute Gasteiger partial charge is 0.393 e. The SMILES string of the molecule is CC1(C)NC(=O)N(C2CC(O)C2)C1=O. The monoisotopic (exact) mass is 198 g/mol. The number of carbonyl (C=O) groups excluding carboxylic acids is 2. The molecule has 0 aromatic heterocycles. The summed E-state index contributed by atoms with van der Waals surface area (Å²) in [5.41, 5.74) is -0.794. The number of aliphatic hydroxyl groups is 1. The molecule has 0 unspecified atom stereocenters. The van der Waals surface area contributed by atoms with Gasteiger partial charge in [-0.25, -0.2) is 4.79 Å². The number of carbonyl (C=O) groups is 2. The van der Waals surface area contributed by atoms with Crippen LogP contribution in [0.3, 0.4) is 0 Å². The highest BCUT2D eigenvalue weighted by Gasteiger charge is 2.50. The normalized spacial score (nSPS) is 35.5. The number of nitrogens with one attached hydrogen (secondary N) is 1. The Morgan fingerprint density at radius 1 is 1.43 bits per heavy atom. The summed E-state index contributed by atoms with van der Waals surface area (Å²) in [6, 6.07) is -0.448. The molecule has 0 atom stereocenters. The summed E-state index contributed by atoms with van der Waals surface area (Å²) in [6.45, 7) is 3.37. The van der Waals surface area contributed by atoms with E-state index in [1.807, 2.05) is 0 Å². The number of rotatable bonds is 1. The molecular weight excluding hydrogens is 184 g/mol. The first-order chi connectivity index (χ1) is 6.42. The molecule has 0 spiro atoms. The maximum absolute atomic E-state index is 11.7. The van der Waals surface area contributed by atoms with E-state index < -0.39 is 5.54 Å². The van der Waals surface area contributed by atoms with Gasteiger partial charge in [0.15, 0.2) is 0 Å². The molecule has 2 fully saturated rings. The van der Waals surface area contributed by atoms with Crippen LogP contribution in [0.5, 0.6) is 0 Å². The summed E-state index contributed by atoms with van der Waals surface area (Å²) in [5.74, 6) is -0.195. The number of imide groups is 1. The van der Waals surface area contributed by atoms with Crippen LogP contribution in [0.4, 0.5) is 4.79 Å². The Morgan fingerprint density at radius 3 is 2.36 bits per heavy atom. The second kappa shape index (κ2) is 2.70. The van der Waals surface area contributed by atoms with Crippen molar-refractivity contribution in [1.29, 1.82) is 0 Å². The van der Waals surface area contributed by atoms with Gasteiger partial charge in [0, 0.05) is 6.04 Å². The molecule has 14 heavy (non-hydrogen) atoms.